The predicted octanol–water partition coefficient (Wildman–Crippen LogP) is 2.38. The third-order valence-corrected chi connectivity index (χ3v) is 4.24. The summed E-state index contributed by atoms with van der Waals surface area (Å²) in [5.74, 6) is 0.630. The fourth-order valence-electron chi connectivity index (χ4n) is 2.44. The minimum absolute atomic E-state index is 0.630. The number of hydrogen-bond acceptors (Lipinski definition) is 4. The van der Waals surface area contributed by atoms with E-state index in [0.717, 1.165) is 41.8 Å². The van der Waals surface area contributed by atoms with E-state index in [1.807, 2.05) is 6.07 Å². The number of nitrogen functional groups attached to an aromatic ring is 1. The molecule has 1 aromatic heterocycles. The summed E-state index contributed by atoms with van der Waals surface area (Å²) in [6, 6.07) is 8.33. The highest BCUT2D eigenvalue weighted by Crippen LogP contribution is 2.24. The molecule has 3 rings (SSSR count). The maximum atomic E-state index is 5.89. The van der Waals surface area contributed by atoms with E-state index in [2.05, 4.69) is 49.0 Å². The van der Waals surface area contributed by atoms with Crippen molar-refractivity contribution in [2.75, 3.05) is 12.3 Å². The van der Waals surface area contributed by atoms with Gasteiger partial charge < -0.3 is 5.73 Å². The van der Waals surface area contributed by atoms with Gasteiger partial charge >= 0.3 is 0 Å². The third-order valence-electron chi connectivity index (χ3n) is 3.47. The summed E-state index contributed by atoms with van der Waals surface area (Å²) < 4.78 is 1.16. The average molecular weight is 319 g/mol. The van der Waals surface area contributed by atoms with E-state index in [9.17, 15) is 0 Å². The smallest absolute Gasteiger partial charge is 0.130 e. The Morgan fingerprint density at radius 3 is 2.95 bits per heavy atom. The molecule has 2 N–H and O–H groups in total. The quantitative estimate of drug-likeness (QED) is 0.923. The first-order chi connectivity index (χ1) is 9.24. The molecule has 0 atom stereocenters. The molecule has 1 aliphatic heterocycles. The molecule has 1 aromatic carbocycles. The van der Waals surface area contributed by atoms with Gasteiger partial charge in [0.1, 0.15) is 12.1 Å². The highest BCUT2D eigenvalue weighted by atomic mass is 79.9. The predicted molar refractivity (Wildman–Crippen MR) is 78.4 cm³/mol. The van der Waals surface area contributed by atoms with Crippen molar-refractivity contribution in [3.63, 3.8) is 0 Å². The molecule has 0 spiro atoms. The Kier molecular flexibility index (Phi) is 3.48. The van der Waals surface area contributed by atoms with E-state index in [1.165, 1.54) is 5.56 Å². The van der Waals surface area contributed by atoms with Crippen molar-refractivity contribution in [1.29, 1.82) is 0 Å². The van der Waals surface area contributed by atoms with Gasteiger partial charge in [-0.1, -0.05) is 34.1 Å². The van der Waals surface area contributed by atoms with Gasteiger partial charge in [-0.15, -0.1) is 0 Å². The summed E-state index contributed by atoms with van der Waals surface area (Å²) in [6.45, 7) is 2.75. The molecule has 5 heteroatoms. The van der Waals surface area contributed by atoms with E-state index in [-0.39, 0.29) is 0 Å². The molecule has 0 saturated carbocycles. The number of nitrogens with two attached hydrogens (primary N) is 1. The lowest BCUT2D eigenvalue weighted by Gasteiger charge is -2.28. The van der Waals surface area contributed by atoms with Crippen molar-refractivity contribution in [3.05, 3.63) is 51.9 Å². The van der Waals surface area contributed by atoms with Gasteiger partial charge in [0, 0.05) is 29.7 Å². The normalized spacial score (nSPS) is 15.2. The number of anilines is 1. The molecule has 0 amide bonds. The number of benzene rings is 1. The van der Waals surface area contributed by atoms with Gasteiger partial charge in [-0.25, -0.2) is 9.97 Å². The molecule has 4 nitrogen and oxygen atoms in total. The van der Waals surface area contributed by atoms with Crippen molar-refractivity contribution in [3.8, 4) is 0 Å². The minimum atomic E-state index is 0.630. The second-order valence-electron chi connectivity index (χ2n) is 4.74. The number of aromatic nitrogens is 2. The van der Waals surface area contributed by atoms with E-state index >= 15 is 0 Å². The Labute approximate surface area is 120 Å². The van der Waals surface area contributed by atoms with Crippen LogP contribution in [0.2, 0.25) is 0 Å². The maximum Gasteiger partial charge on any atom is 0.130 e. The summed E-state index contributed by atoms with van der Waals surface area (Å²) in [6.07, 6.45) is 2.47. The highest BCUT2D eigenvalue weighted by molar-refractivity contribution is 9.10. The van der Waals surface area contributed by atoms with Gasteiger partial charge in [-0.3, -0.25) is 4.90 Å². The Balaban J connectivity index is 1.78. The van der Waals surface area contributed by atoms with Gasteiger partial charge in [-0.2, -0.15) is 0 Å². The van der Waals surface area contributed by atoms with Crippen LogP contribution in [0.1, 0.15) is 16.8 Å². The van der Waals surface area contributed by atoms with Crippen LogP contribution in [0.3, 0.4) is 0 Å². The highest BCUT2D eigenvalue weighted by Gasteiger charge is 2.20. The van der Waals surface area contributed by atoms with Gasteiger partial charge in [0.2, 0.25) is 0 Å². The summed E-state index contributed by atoms with van der Waals surface area (Å²) in [5, 5.41) is 0. The first-order valence-electron chi connectivity index (χ1n) is 6.28. The second-order valence-corrected chi connectivity index (χ2v) is 5.59. The zero-order valence-corrected chi connectivity index (χ0v) is 12.1. The number of halogens is 1. The monoisotopic (exact) mass is 318 g/mol. The largest absolute Gasteiger partial charge is 0.383 e. The Morgan fingerprint density at radius 2 is 2.11 bits per heavy atom. The summed E-state index contributed by atoms with van der Waals surface area (Å²) >= 11 is 3.59. The van der Waals surface area contributed by atoms with Crippen molar-refractivity contribution >= 4 is 21.7 Å². The lowest BCUT2D eigenvalue weighted by molar-refractivity contribution is 0.241. The first-order valence-corrected chi connectivity index (χ1v) is 7.07. The minimum Gasteiger partial charge on any atom is -0.383 e. The topological polar surface area (TPSA) is 55.0 Å². The molecular formula is C14H15BrN4. The van der Waals surface area contributed by atoms with Crippen LogP contribution in [-0.4, -0.2) is 21.4 Å². The first kappa shape index (κ1) is 12.6. The molecule has 0 radical (unpaired) electrons. The molecule has 98 valence electrons. The van der Waals surface area contributed by atoms with Crippen LogP contribution in [0.15, 0.2) is 35.1 Å². The molecular weight excluding hydrogens is 304 g/mol. The molecule has 2 aromatic rings. The van der Waals surface area contributed by atoms with Gasteiger partial charge in [0.25, 0.3) is 0 Å². The van der Waals surface area contributed by atoms with E-state index in [4.69, 9.17) is 5.73 Å². The van der Waals surface area contributed by atoms with Crippen LogP contribution in [0.5, 0.6) is 0 Å². The zero-order valence-electron chi connectivity index (χ0n) is 10.5. The Morgan fingerprint density at radius 1 is 1.26 bits per heavy atom. The van der Waals surface area contributed by atoms with Gasteiger partial charge in [0.15, 0.2) is 0 Å². The van der Waals surface area contributed by atoms with E-state index in [0.29, 0.717) is 5.82 Å². The number of hydrogen-bond donors (Lipinski definition) is 1. The average Bonchev–Trinajstić information content (AvgIpc) is 2.42. The molecule has 2 heterocycles. The van der Waals surface area contributed by atoms with Gasteiger partial charge in [0.05, 0.1) is 5.69 Å². The number of rotatable bonds is 2. The molecule has 0 saturated heterocycles. The summed E-state index contributed by atoms with van der Waals surface area (Å²) in [5.41, 5.74) is 9.36. The van der Waals surface area contributed by atoms with Crippen LogP contribution in [-0.2, 0) is 19.5 Å². The van der Waals surface area contributed by atoms with Crippen LogP contribution in [0, 0.1) is 0 Å². The summed E-state index contributed by atoms with van der Waals surface area (Å²) in [4.78, 5) is 10.8. The van der Waals surface area contributed by atoms with Crippen LogP contribution >= 0.6 is 15.9 Å². The zero-order chi connectivity index (χ0) is 13.2. The lowest BCUT2D eigenvalue weighted by Crippen LogP contribution is -2.31. The van der Waals surface area contributed by atoms with Crippen LogP contribution < -0.4 is 5.73 Å². The van der Waals surface area contributed by atoms with Gasteiger partial charge in [-0.05, 0) is 18.1 Å². The third kappa shape index (κ3) is 2.62. The van der Waals surface area contributed by atoms with Crippen molar-refractivity contribution in [2.45, 2.75) is 19.5 Å². The molecule has 0 unspecified atom stereocenters. The van der Waals surface area contributed by atoms with E-state index in [1.54, 1.807) is 6.33 Å². The van der Waals surface area contributed by atoms with Crippen LogP contribution in [0.25, 0.3) is 0 Å². The SMILES string of the molecule is Nc1ncnc2c1CCN(Cc1ccccc1Br)C2. The Hall–Kier alpha value is -1.46. The lowest BCUT2D eigenvalue weighted by atomic mass is 10.0. The number of nitrogens with zero attached hydrogens (tertiary/aromatic N) is 3. The van der Waals surface area contributed by atoms with E-state index < -0.39 is 0 Å². The molecule has 0 bridgehead atoms. The number of fused-ring (bicyclic) bond motifs is 1. The summed E-state index contributed by atoms with van der Waals surface area (Å²) in [7, 11) is 0. The molecule has 0 aliphatic carbocycles. The maximum absolute atomic E-state index is 5.89. The van der Waals surface area contributed by atoms with Crippen molar-refractivity contribution < 1.29 is 0 Å². The second kappa shape index (κ2) is 5.27. The molecule has 0 fully saturated rings. The standard InChI is InChI=1S/C14H15BrN4/c15-12-4-2-1-3-10(12)7-19-6-5-11-13(8-19)17-9-18-14(11)16/h1-4,9H,5-8H2,(H2,16,17,18). The van der Waals surface area contributed by atoms with Crippen LogP contribution in [0.4, 0.5) is 5.82 Å². The van der Waals surface area contributed by atoms with Crippen molar-refractivity contribution in [1.82, 2.24) is 14.9 Å². The Bertz CT molecular complexity index is 600. The fourth-order valence-corrected chi connectivity index (χ4v) is 2.85. The fraction of sp³-hybridized carbons (Fsp3) is 0.286. The van der Waals surface area contributed by atoms with Crippen molar-refractivity contribution in [2.24, 2.45) is 0 Å². The molecule has 19 heavy (non-hydrogen) atoms. The molecule has 1 aliphatic rings.